The lowest BCUT2D eigenvalue weighted by molar-refractivity contribution is 0.252. The zero-order valence-electron chi connectivity index (χ0n) is 24.3. The first-order valence-electron chi connectivity index (χ1n) is 15.5. The monoisotopic (exact) mass is 548 g/mol. The first-order valence-corrected chi connectivity index (χ1v) is 15.5. The Bertz CT molecular complexity index is 1850. The van der Waals surface area contributed by atoms with Crippen LogP contribution in [0, 0.1) is 11.8 Å². The Kier molecular flexibility index (Phi) is 6.10. The second-order valence-electron chi connectivity index (χ2n) is 12.4. The molecule has 3 aliphatic rings. The summed E-state index contributed by atoms with van der Waals surface area (Å²) < 4.78 is 2.29. The average molecular weight is 549 g/mol. The molecule has 0 amide bonds. The van der Waals surface area contributed by atoms with Crippen LogP contribution in [0.25, 0.3) is 50.3 Å². The minimum Gasteiger partial charge on any atom is -0.366 e. The van der Waals surface area contributed by atoms with Crippen molar-refractivity contribution in [3.8, 4) is 28.5 Å². The summed E-state index contributed by atoms with van der Waals surface area (Å²) in [6.07, 6.45) is 5.22. The fourth-order valence-electron chi connectivity index (χ4n) is 7.82. The Morgan fingerprint density at radius 1 is 0.643 bits per heavy atom. The number of nitrogens with zero attached hydrogens (tertiary/aromatic N) is 4. The van der Waals surface area contributed by atoms with Crippen LogP contribution in [-0.2, 0) is 0 Å². The lowest BCUT2D eigenvalue weighted by atomic mass is 9.78. The van der Waals surface area contributed by atoms with Gasteiger partial charge in [-0.15, -0.1) is 0 Å². The summed E-state index contributed by atoms with van der Waals surface area (Å²) in [6.45, 7) is 4.88. The molecule has 2 bridgehead atoms. The van der Waals surface area contributed by atoms with Gasteiger partial charge >= 0.3 is 0 Å². The summed E-state index contributed by atoms with van der Waals surface area (Å²) in [7, 11) is 0. The molecule has 4 heteroatoms. The van der Waals surface area contributed by atoms with E-state index in [2.05, 4.69) is 133 Å². The third-order valence-electron chi connectivity index (χ3n) is 9.83. The molecule has 4 heterocycles. The van der Waals surface area contributed by atoms with Gasteiger partial charge in [0.15, 0.2) is 5.82 Å². The van der Waals surface area contributed by atoms with Crippen LogP contribution in [0.2, 0.25) is 0 Å². The number of para-hydroxylation sites is 2. The second kappa shape index (κ2) is 10.1. The molecule has 6 aromatic rings. The van der Waals surface area contributed by atoms with Crippen molar-refractivity contribution in [3.05, 3.63) is 109 Å². The first kappa shape index (κ1) is 25.3. The molecule has 0 radical (unpaired) electrons. The molecule has 1 saturated carbocycles. The molecule has 3 fully saturated rings. The Balaban J connectivity index is 1.31. The molecule has 1 aliphatic carbocycles. The van der Waals surface area contributed by atoms with E-state index < -0.39 is 0 Å². The molecule has 208 valence electrons. The summed E-state index contributed by atoms with van der Waals surface area (Å²) in [4.78, 5) is 13.2. The predicted octanol–water partition coefficient (Wildman–Crippen LogP) is 9.31. The number of benzene rings is 4. The lowest BCUT2D eigenvalue weighted by Crippen LogP contribution is -2.40. The van der Waals surface area contributed by atoms with Gasteiger partial charge in [0.05, 0.1) is 16.7 Å². The molecule has 2 aliphatic heterocycles. The summed E-state index contributed by atoms with van der Waals surface area (Å²) in [5.41, 5.74) is 6.68. The van der Waals surface area contributed by atoms with Crippen molar-refractivity contribution >= 4 is 27.5 Å². The number of fused-ring (bicyclic) bond motifs is 7. The van der Waals surface area contributed by atoms with Crippen LogP contribution in [0.3, 0.4) is 0 Å². The van der Waals surface area contributed by atoms with Crippen molar-refractivity contribution in [1.29, 1.82) is 0 Å². The van der Waals surface area contributed by atoms with Gasteiger partial charge in [0.1, 0.15) is 5.82 Å². The van der Waals surface area contributed by atoms with Crippen molar-refractivity contribution < 1.29 is 0 Å². The molecule has 2 saturated heterocycles. The van der Waals surface area contributed by atoms with Gasteiger partial charge in [0.25, 0.3) is 0 Å². The molecule has 4 atom stereocenters. The van der Waals surface area contributed by atoms with E-state index in [4.69, 9.17) is 9.97 Å². The topological polar surface area (TPSA) is 34.0 Å². The van der Waals surface area contributed by atoms with Gasteiger partial charge in [-0.05, 0) is 68.7 Å². The molecule has 42 heavy (non-hydrogen) atoms. The molecule has 4 nitrogen and oxygen atoms in total. The van der Waals surface area contributed by atoms with Gasteiger partial charge in [-0.2, -0.15) is 0 Å². The van der Waals surface area contributed by atoms with Gasteiger partial charge in [-0.3, -0.25) is 4.57 Å². The normalized spacial score (nSPS) is 22.1. The molecule has 4 unspecified atom stereocenters. The van der Waals surface area contributed by atoms with Crippen LogP contribution >= 0.6 is 0 Å². The zero-order valence-corrected chi connectivity index (χ0v) is 24.3. The second-order valence-corrected chi connectivity index (χ2v) is 12.4. The van der Waals surface area contributed by atoms with E-state index in [1.165, 1.54) is 42.1 Å². The average Bonchev–Trinajstić information content (AvgIpc) is 3.21. The maximum absolute atomic E-state index is 5.29. The van der Waals surface area contributed by atoms with Crippen LogP contribution in [0.4, 0.5) is 5.69 Å². The van der Waals surface area contributed by atoms with E-state index in [0.29, 0.717) is 12.1 Å². The molecule has 9 rings (SSSR count). The van der Waals surface area contributed by atoms with Gasteiger partial charge in [-0.1, -0.05) is 85.8 Å². The minimum absolute atomic E-state index is 0.535. The van der Waals surface area contributed by atoms with E-state index in [0.717, 1.165) is 51.3 Å². The van der Waals surface area contributed by atoms with Crippen LogP contribution in [0.5, 0.6) is 0 Å². The maximum Gasteiger partial charge on any atom is 0.162 e. The molecule has 4 aromatic carbocycles. The Morgan fingerprint density at radius 3 is 2.07 bits per heavy atom. The highest BCUT2D eigenvalue weighted by Crippen LogP contribution is 2.43. The van der Waals surface area contributed by atoms with Crippen molar-refractivity contribution in [2.24, 2.45) is 11.8 Å². The van der Waals surface area contributed by atoms with Crippen molar-refractivity contribution in [1.82, 2.24) is 14.5 Å². The highest BCUT2D eigenvalue weighted by molar-refractivity contribution is 6.09. The Hall–Kier alpha value is -4.44. The van der Waals surface area contributed by atoms with Gasteiger partial charge in [-0.25, -0.2) is 9.97 Å². The molecule has 2 aromatic heterocycles. The van der Waals surface area contributed by atoms with Crippen LogP contribution in [-0.4, -0.2) is 26.6 Å². The van der Waals surface area contributed by atoms with E-state index in [1.54, 1.807) is 0 Å². The predicted molar refractivity (Wildman–Crippen MR) is 174 cm³/mol. The number of hydrogen-bond acceptors (Lipinski definition) is 3. The third kappa shape index (κ3) is 4.20. The summed E-state index contributed by atoms with van der Waals surface area (Å²) >= 11 is 0. The zero-order chi connectivity index (χ0) is 28.2. The maximum atomic E-state index is 5.29. The number of anilines is 1. The molecular weight excluding hydrogens is 512 g/mol. The SMILES string of the molecule is CC1CC2CCC1CC(C)N2c1cccc(-c2nc(-c3ccccc3)cc(-n3c4ccccc4c4ccccc43)n2)c1. The van der Waals surface area contributed by atoms with E-state index >= 15 is 0 Å². The fraction of sp³-hybridized carbons (Fsp3) is 0.263. The Labute approximate surface area is 247 Å². The number of aromatic nitrogens is 3. The van der Waals surface area contributed by atoms with Crippen molar-refractivity contribution in [2.45, 2.75) is 51.6 Å². The standard InChI is InChI=1S/C38H36N4/c1-25-21-31-20-19-28(25)22-26(2)41(31)30-14-10-13-29(23-30)38-39-34(27-11-4-3-5-12-27)24-37(40-38)42-35-17-8-6-15-32(35)33-16-7-9-18-36(33)42/h3-18,23-26,28,31H,19-22H2,1-2H3. The molecule has 0 spiro atoms. The largest absolute Gasteiger partial charge is 0.366 e. The van der Waals surface area contributed by atoms with Crippen LogP contribution in [0.15, 0.2) is 109 Å². The van der Waals surface area contributed by atoms with Crippen molar-refractivity contribution in [2.75, 3.05) is 4.90 Å². The van der Waals surface area contributed by atoms with Crippen molar-refractivity contribution in [3.63, 3.8) is 0 Å². The first-order chi connectivity index (χ1) is 20.6. The highest BCUT2D eigenvalue weighted by atomic mass is 15.2. The Morgan fingerprint density at radius 2 is 1.33 bits per heavy atom. The minimum atomic E-state index is 0.535. The quantitative estimate of drug-likeness (QED) is 0.220. The molecule has 0 N–H and O–H groups in total. The van der Waals surface area contributed by atoms with Crippen LogP contribution < -0.4 is 4.90 Å². The lowest BCUT2D eigenvalue weighted by Gasteiger charge is -2.38. The van der Waals surface area contributed by atoms with E-state index in [9.17, 15) is 0 Å². The van der Waals surface area contributed by atoms with Crippen LogP contribution in [0.1, 0.15) is 39.5 Å². The summed E-state index contributed by atoms with van der Waals surface area (Å²) in [6, 6.07) is 40.0. The fourth-order valence-corrected chi connectivity index (χ4v) is 7.82. The van der Waals surface area contributed by atoms with Gasteiger partial charge in [0.2, 0.25) is 0 Å². The van der Waals surface area contributed by atoms with E-state index in [1.807, 2.05) is 0 Å². The summed E-state index contributed by atoms with van der Waals surface area (Å²) in [5.74, 6) is 3.30. The van der Waals surface area contributed by atoms with Gasteiger partial charge in [0, 0.05) is 45.7 Å². The summed E-state index contributed by atoms with van der Waals surface area (Å²) in [5, 5.41) is 2.46. The molecular formula is C38H36N4. The van der Waals surface area contributed by atoms with Gasteiger partial charge < -0.3 is 4.90 Å². The number of hydrogen-bond donors (Lipinski definition) is 0. The smallest absolute Gasteiger partial charge is 0.162 e. The highest BCUT2D eigenvalue weighted by Gasteiger charge is 2.38. The van der Waals surface area contributed by atoms with E-state index in [-0.39, 0.29) is 0 Å². The number of rotatable bonds is 4. The third-order valence-corrected chi connectivity index (χ3v) is 9.83.